The zero-order chi connectivity index (χ0) is 39.3. The highest BCUT2D eigenvalue weighted by atomic mass is 16.3. The Balaban J connectivity index is 1.01. The molecule has 0 fully saturated rings. The highest BCUT2D eigenvalue weighted by molar-refractivity contribution is 6.22. The van der Waals surface area contributed by atoms with E-state index in [1.807, 2.05) is 30.3 Å². The van der Waals surface area contributed by atoms with Gasteiger partial charge in [0.25, 0.3) is 0 Å². The minimum Gasteiger partial charge on any atom is -0.456 e. The molecule has 0 N–H and O–H groups in total. The van der Waals surface area contributed by atoms with Crippen molar-refractivity contribution in [3.05, 3.63) is 194 Å². The summed E-state index contributed by atoms with van der Waals surface area (Å²) in [5, 5.41) is 14.0. The monoisotopic (exact) mass is 764 g/mol. The first-order valence-electron chi connectivity index (χ1n) is 20.3. The number of hydrogen-bond acceptors (Lipinski definition) is 4. The minimum atomic E-state index is 0.590. The van der Waals surface area contributed by atoms with Crippen molar-refractivity contribution in [2.45, 2.75) is 0 Å². The molecule has 60 heavy (non-hydrogen) atoms. The number of rotatable bonds is 4. The van der Waals surface area contributed by atoms with Crippen LogP contribution in [0, 0.1) is 0 Å². The lowest BCUT2D eigenvalue weighted by Gasteiger charge is -2.13. The fourth-order valence-electron chi connectivity index (χ4n) is 9.36. The summed E-state index contributed by atoms with van der Waals surface area (Å²) < 4.78 is 9.15. The normalized spacial score (nSPS) is 12.0. The van der Waals surface area contributed by atoms with Gasteiger partial charge in [0, 0.05) is 43.6 Å². The van der Waals surface area contributed by atoms with Crippen LogP contribution in [0.2, 0.25) is 0 Å². The van der Waals surface area contributed by atoms with E-state index in [0.717, 1.165) is 65.9 Å². The second-order valence-electron chi connectivity index (χ2n) is 15.6. The van der Waals surface area contributed by atoms with Crippen LogP contribution in [0.15, 0.2) is 199 Å². The van der Waals surface area contributed by atoms with E-state index in [-0.39, 0.29) is 0 Å². The summed E-state index contributed by atoms with van der Waals surface area (Å²) in [5.41, 5.74) is 7.87. The number of hydrogen-bond donors (Lipinski definition) is 0. The molecule has 3 heterocycles. The van der Waals surface area contributed by atoms with Crippen LogP contribution in [-0.2, 0) is 0 Å². The van der Waals surface area contributed by atoms with E-state index < -0.39 is 0 Å². The summed E-state index contributed by atoms with van der Waals surface area (Å²) >= 11 is 0. The Morgan fingerprint density at radius 3 is 1.63 bits per heavy atom. The maximum Gasteiger partial charge on any atom is 0.164 e. The molecule has 278 valence electrons. The van der Waals surface area contributed by atoms with Crippen LogP contribution in [0.25, 0.3) is 127 Å². The number of fused-ring (bicyclic) bond motifs is 11. The predicted molar refractivity (Wildman–Crippen MR) is 248 cm³/mol. The van der Waals surface area contributed by atoms with Crippen molar-refractivity contribution in [1.29, 1.82) is 0 Å². The molecule has 0 unspecified atom stereocenters. The van der Waals surface area contributed by atoms with Gasteiger partial charge in [-0.15, -0.1) is 0 Å². The Morgan fingerprint density at radius 2 is 0.900 bits per heavy atom. The molecule has 10 aromatic carbocycles. The largest absolute Gasteiger partial charge is 0.456 e. The zero-order valence-electron chi connectivity index (χ0n) is 32.2. The number of furan rings is 1. The fourth-order valence-corrected chi connectivity index (χ4v) is 9.36. The Bertz CT molecular complexity index is 3800. The van der Waals surface area contributed by atoms with Crippen molar-refractivity contribution in [1.82, 2.24) is 19.5 Å². The molecule has 0 amide bonds. The summed E-state index contributed by atoms with van der Waals surface area (Å²) in [5.74, 6) is 1.84. The molecule has 0 bridgehead atoms. The maximum atomic E-state index is 6.70. The molecule has 0 spiro atoms. The van der Waals surface area contributed by atoms with E-state index in [4.69, 9.17) is 19.4 Å². The molecule has 3 aromatic heterocycles. The highest BCUT2D eigenvalue weighted by Crippen LogP contribution is 2.42. The fraction of sp³-hybridized carbons (Fsp3) is 0. The molecule has 5 heteroatoms. The van der Waals surface area contributed by atoms with Crippen molar-refractivity contribution in [2.75, 3.05) is 0 Å². The first-order valence-corrected chi connectivity index (χ1v) is 20.3. The van der Waals surface area contributed by atoms with E-state index in [1.54, 1.807) is 0 Å². The Hall–Kier alpha value is -8.15. The number of aromatic nitrogens is 4. The van der Waals surface area contributed by atoms with Crippen LogP contribution in [0.4, 0.5) is 0 Å². The van der Waals surface area contributed by atoms with Crippen LogP contribution in [0.5, 0.6) is 0 Å². The number of nitrogens with zero attached hydrogens (tertiary/aromatic N) is 4. The third-order valence-electron chi connectivity index (χ3n) is 12.2. The molecule has 13 rings (SSSR count). The second-order valence-corrected chi connectivity index (χ2v) is 15.6. The second kappa shape index (κ2) is 12.7. The van der Waals surface area contributed by atoms with Gasteiger partial charge in [0.05, 0.1) is 16.7 Å². The molecular weight excluding hydrogens is 733 g/mol. The lowest BCUT2D eigenvalue weighted by Crippen LogP contribution is -2.00. The van der Waals surface area contributed by atoms with E-state index in [1.165, 1.54) is 43.4 Å². The molecule has 0 aliphatic carbocycles. The first kappa shape index (κ1) is 32.9. The smallest absolute Gasteiger partial charge is 0.164 e. The van der Waals surface area contributed by atoms with E-state index in [0.29, 0.717) is 17.5 Å². The van der Waals surface area contributed by atoms with Crippen molar-refractivity contribution >= 4 is 86.8 Å². The molecule has 5 nitrogen and oxygen atoms in total. The van der Waals surface area contributed by atoms with Crippen LogP contribution >= 0.6 is 0 Å². The summed E-state index contributed by atoms with van der Waals surface area (Å²) in [6, 6.07) is 68.7. The molecule has 0 saturated carbocycles. The molecule has 0 aliphatic heterocycles. The predicted octanol–water partition coefficient (Wildman–Crippen LogP) is 14.5. The average molecular weight is 765 g/mol. The van der Waals surface area contributed by atoms with Gasteiger partial charge in [0.15, 0.2) is 17.5 Å². The van der Waals surface area contributed by atoms with Gasteiger partial charge in [0.1, 0.15) is 11.2 Å². The highest BCUT2D eigenvalue weighted by Gasteiger charge is 2.20. The topological polar surface area (TPSA) is 56.7 Å². The minimum absolute atomic E-state index is 0.590. The molecule has 13 aromatic rings. The van der Waals surface area contributed by atoms with Crippen LogP contribution in [-0.4, -0.2) is 19.5 Å². The lowest BCUT2D eigenvalue weighted by atomic mass is 10.0. The average Bonchev–Trinajstić information content (AvgIpc) is 3.84. The summed E-state index contributed by atoms with van der Waals surface area (Å²) in [4.78, 5) is 15.2. The zero-order valence-corrected chi connectivity index (χ0v) is 32.2. The van der Waals surface area contributed by atoms with Gasteiger partial charge in [0.2, 0.25) is 0 Å². The summed E-state index contributed by atoms with van der Waals surface area (Å²) in [6.07, 6.45) is 0. The third kappa shape index (κ3) is 4.96. The SMILES string of the molecule is c1ccc(-c2nc(-c3ccc4c(c3)oc3ccc5c(-n6c7cc8ccccc8cc7c7cc8ccccc8cc76)cccc5c34)nc(-c3cccc4ccccc34)n2)cc1. The van der Waals surface area contributed by atoms with Crippen molar-refractivity contribution in [3.8, 4) is 39.9 Å². The van der Waals surface area contributed by atoms with Crippen molar-refractivity contribution in [3.63, 3.8) is 0 Å². The quantitative estimate of drug-likeness (QED) is 0.179. The first-order chi connectivity index (χ1) is 29.7. The Kier molecular flexibility index (Phi) is 6.95. The summed E-state index contributed by atoms with van der Waals surface area (Å²) in [6.45, 7) is 0. The molecule has 0 radical (unpaired) electrons. The molecular formula is C55H32N4O. The van der Waals surface area contributed by atoms with E-state index in [2.05, 4.69) is 168 Å². The standard InChI is InChI=1S/C55H32N4O/c1-2-13-34(14-3-1)53-56-54(58-55(57-53)43-22-10-19-33-12-8-9-20-40(33)43)39-24-25-44-51(32-39)60-50-27-26-41-42(52(44)50)21-11-23-47(41)59-48-30-37-17-6-4-15-35(37)28-45(48)46-29-36-16-5-7-18-38(36)31-49(46)59/h1-32H. The van der Waals surface area contributed by atoms with Gasteiger partial charge in [-0.3, -0.25) is 0 Å². The van der Waals surface area contributed by atoms with Gasteiger partial charge >= 0.3 is 0 Å². The number of benzene rings is 10. The van der Waals surface area contributed by atoms with Crippen LogP contribution < -0.4 is 0 Å². The van der Waals surface area contributed by atoms with Gasteiger partial charge in [-0.05, 0) is 92.3 Å². The Morgan fingerprint density at radius 1 is 0.333 bits per heavy atom. The molecule has 0 atom stereocenters. The van der Waals surface area contributed by atoms with Crippen molar-refractivity contribution < 1.29 is 4.42 Å². The van der Waals surface area contributed by atoms with Gasteiger partial charge in [-0.25, -0.2) is 15.0 Å². The summed E-state index contributed by atoms with van der Waals surface area (Å²) in [7, 11) is 0. The Labute approximate surface area is 343 Å². The van der Waals surface area contributed by atoms with Gasteiger partial charge in [-0.1, -0.05) is 140 Å². The van der Waals surface area contributed by atoms with Gasteiger partial charge in [-0.2, -0.15) is 0 Å². The van der Waals surface area contributed by atoms with Crippen LogP contribution in [0.1, 0.15) is 0 Å². The van der Waals surface area contributed by atoms with E-state index >= 15 is 0 Å². The lowest BCUT2D eigenvalue weighted by molar-refractivity contribution is 0.669. The third-order valence-corrected chi connectivity index (χ3v) is 12.2. The van der Waals surface area contributed by atoms with Crippen molar-refractivity contribution in [2.24, 2.45) is 0 Å². The molecule has 0 aliphatic rings. The van der Waals surface area contributed by atoms with Gasteiger partial charge < -0.3 is 8.98 Å². The van der Waals surface area contributed by atoms with E-state index in [9.17, 15) is 0 Å². The maximum absolute atomic E-state index is 6.70. The molecule has 0 saturated heterocycles. The van der Waals surface area contributed by atoms with Crippen LogP contribution in [0.3, 0.4) is 0 Å².